The maximum absolute atomic E-state index is 9.76. The molecule has 0 spiro atoms. The van der Waals surface area contributed by atoms with Crippen molar-refractivity contribution in [1.29, 1.82) is 0 Å². The second-order valence-electron chi connectivity index (χ2n) is 6.06. The van der Waals surface area contributed by atoms with E-state index in [9.17, 15) is 5.11 Å². The fourth-order valence-electron chi connectivity index (χ4n) is 2.00. The molecule has 4 heteroatoms. The average molecular weight is 275 g/mol. The standard InChI is InChI=1S/C15H33NO3/c1-12(2)8-14(4)19-11-15(18)9-16-7-5-6-13(3)10-17/h12-18H,5-11H2,1-4H3. The predicted molar refractivity (Wildman–Crippen MR) is 79.2 cm³/mol. The van der Waals surface area contributed by atoms with E-state index in [4.69, 9.17) is 9.84 Å². The molecule has 116 valence electrons. The Morgan fingerprint density at radius 1 is 1.16 bits per heavy atom. The van der Waals surface area contributed by atoms with E-state index < -0.39 is 6.10 Å². The summed E-state index contributed by atoms with van der Waals surface area (Å²) in [4.78, 5) is 0. The van der Waals surface area contributed by atoms with Crippen molar-refractivity contribution in [3.05, 3.63) is 0 Å². The lowest BCUT2D eigenvalue weighted by Gasteiger charge is -2.18. The summed E-state index contributed by atoms with van der Waals surface area (Å²) in [7, 11) is 0. The molecule has 0 fully saturated rings. The van der Waals surface area contributed by atoms with Gasteiger partial charge in [0.1, 0.15) is 0 Å². The highest BCUT2D eigenvalue weighted by Crippen LogP contribution is 2.07. The monoisotopic (exact) mass is 275 g/mol. The maximum Gasteiger partial charge on any atom is 0.0897 e. The topological polar surface area (TPSA) is 61.7 Å². The van der Waals surface area contributed by atoms with Gasteiger partial charge in [0.2, 0.25) is 0 Å². The third-order valence-corrected chi connectivity index (χ3v) is 3.12. The highest BCUT2D eigenvalue weighted by atomic mass is 16.5. The van der Waals surface area contributed by atoms with Crippen LogP contribution >= 0.6 is 0 Å². The largest absolute Gasteiger partial charge is 0.396 e. The zero-order valence-electron chi connectivity index (χ0n) is 13.1. The molecule has 0 rings (SSSR count). The third kappa shape index (κ3) is 12.6. The summed E-state index contributed by atoms with van der Waals surface area (Å²) in [5.74, 6) is 0.991. The van der Waals surface area contributed by atoms with E-state index in [1.807, 2.05) is 6.92 Å². The van der Waals surface area contributed by atoms with Crippen molar-refractivity contribution in [3.8, 4) is 0 Å². The van der Waals surface area contributed by atoms with Crippen LogP contribution in [-0.4, -0.2) is 48.7 Å². The number of nitrogens with one attached hydrogen (secondary N) is 1. The van der Waals surface area contributed by atoms with Crippen LogP contribution in [0.1, 0.15) is 47.0 Å². The molecule has 0 radical (unpaired) electrons. The third-order valence-electron chi connectivity index (χ3n) is 3.12. The molecule has 0 saturated heterocycles. The van der Waals surface area contributed by atoms with Crippen LogP contribution in [-0.2, 0) is 4.74 Å². The Morgan fingerprint density at radius 2 is 1.84 bits per heavy atom. The fourth-order valence-corrected chi connectivity index (χ4v) is 2.00. The summed E-state index contributed by atoms with van der Waals surface area (Å²) in [5.41, 5.74) is 0. The van der Waals surface area contributed by atoms with Crippen molar-refractivity contribution in [2.24, 2.45) is 11.8 Å². The van der Waals surface area contributed by atoms with E-state index in [1.54, 1.807) is 0 Å². The predicted octanol–water partition coefficient (Wildman–Crippen LogP) is 1.80. The molecular formula is C15H33NO3. The molecule has 0 aliphatic carbocycles. The first-order chi connectivity index (χ1) is 8.95. The molecule has 3 N–H and O–H groups in total. The summed E-state index contributed by atoms with van der Waals surface area (Å²) in [6, 6.07) is 0. The van der Waals surface area contributed by atoms with Gasteiger partial charge in [0.05, 0.1) is 18.8 Å². The van der Waals surface area contributed by atoms with Gasteiger partial charge < -0.3 is 20.3 Å². The number of rotatable bonds is 12. The van der Waals surface area contributed by atoms with Crippen molar-refractivity contribution in [2.75, 3.05) is 26.3 Å². The SMILES string of the molecule is CC(C)CC(C)OCC(O)CNCCCC(C)CO. The molecule has 3 unspecified atom stereocenters. The highest BCUT2D eigenvalue weighted by Gasteiger charge is 2.09. The van der Waals surface area contributed by atoms with Crippen LogP contribution < -0.4 is 5.32 Å². The van der Waals surface area contributed by atoms with Crippen LogP contribution in [0.2, 0.25) is 0 Å². The smallest absolute Gasteiger partial charge is 0.0897 e. The first-order valence-corrected chi connectivity index (χ1v) is 7.56. The van der Waals surface area contributed by atoms with Crippen LogP contribution in [0.15, 0.2) is 0 Å². The van der Waals surface area contributed by atoms with Crippen molar-refractivity contribution in [3.63, 3.8) is 0 Å². The minimum absolute atomic E-state index is 0.208. The summed E-state index contributed by atoms with van der Waals surface area (Å²) in [6.07, 6.45) is 2.84. The van der Waals surface area contributed by atoms with Gasteiger partial charge in [-0.1, -0.05) is 20.8 Å². The molecule has 0 heterocycles. The molecule has 0 aliphatic rings. The van der Waals surface area contributed by atoms with Gasteiger partial charge in [0.15, 0.2) is 0 Å². The van der Waals surface area contributed by atoms with E-state index in [0.29, 0.717) is 25.0 Å². The van der Waals surface area contributed by atoms with Gasteiger partial charge in [-0.05, 0) is 44.6 Å². The van der Waals surface area contributed by atoms with Crippen LogP contribution in [0.5, 0.6) is 0 Å². The molecular weight excluding hydrogens is 242 g/mol. The lowest BCUT2D eigenvalue weighted by Crippen LogP contribution is -2.32. The Morgan fingerprint density at radius 3 is 2.42 bits per heavy atom. The fraction of sp³-hybridized carbons (Fsp3) is 1.00. The van der Waals surface area contributed by atoms with Gasteiger partial charge in [-0.2, -0.15) is 0 Å². The Bertz CT molecular complexity index is 200. The number of hydrogen-bond donors (Lipinski definition) is 3. The van der Waals surface area contributed by atoms with E-state index in [2.05, 4.69) is 26.1 Å². The van der Waals surface area contributed by atoms with Crippen molar-refractivity contribution in [1.82, 2.24) is 5.32 Å². The summed E-state index contributed by atoms with van der Waals surface area (Å²) in [5, 5.41) is 21.9. The Hall–Kier alpha value is -0.160. The quantitative estimate of drug-likeness (QED) is 0.475. The minimum Gasteiger partial charge on any atom is -0.396 e. The van der Waals surface area contributed by atoms with E-state index in [-0.39, 0.29) is 12.7 Å². The second-order valence-corrected chi connectivity index (χ2v) is 6.06. The Balaban J connectivity index is 3.41. The van der Waals surface area contributed by atoms with Crippen molar-refractivity contribution in [2.45, 2.75) is 59.2 Å². The number of aliphatic hydroxyl groups is 2. The van der Waals surface area contributed by atoms with Gasteiger partial charge in [-0.25, -0.2) is 0 Å². The van der Waals surface area contributed by atoms with Crippen LogP contribution in [0.25, 0.3) is 0 Å². The molecule has 0 aromatic carbocycles. The number of hydrogen-bond acceptors (Lipinski definition) is 4. The first kappa shape index (κ1) is 18.8. The van der Waals surface area contributed by atoms with E-state index >= 15 is 0 Å². The average Bonchev–Trinajstić information content (AvgIpc) is 2.34. The second kappa shape index (κ2) is 11.6. The lowest BCUT2D eigenvalue weighted by atomic mass is 10.1. The van der Waals surface area contributed by atoms with Crippen LogP contribution in [0.4, 0.5) is 0 Å². The summed E-state index contributed by atoms with van der Waals surface area (Å²) >= 11 is 0. The van der Waals surface area contributed by atoms with Gasteiger partial charge in [0, 0.05) is 13.2 Å². The van der Waals surface area contributed by atoms with Crippen molar-refractivity contribution < 1.29 is 14.9 Å². The highest BCUT2D eigenvalue weighted by molar-refractivity contribution is 4.62. The van der Waals surface area contributed by atoms with Gasteiger partial charge in [0.25, 0.3) is 0 Å². The van der Waals surface area contributed by atoms with E-state index in [1.165, 1.54) is 0 Å². The van der Waals surface area contributed by atoms with Gasteiger partial charge >= 0.3 is 0 Å². The minimum atomic E-state index is -0.440. The zero-order chi connectivity index (χ0) is 14.7. The molecule has 0 saturated carbocycles. The Kier molecular flexibility index (Phi) is 11.6. The van der Waals surface area contributed by atoms with Crippen molar-refractivity contribution >= 4 is 0 Å². The number of ether oxygens (including phenoxy) is 1. The number of aliphatic hydroxyl groups excluding tert-OH is 2. The van der Waals surface area contributed by atoms with Gasteiger partial charge in [-0.3, -0.25) is 0 Å². The normalized spacial score (nSPS) is 16.6. The molecule has 0 amide bonds. The lowest BCUT2D eigenvalue weighted by molar-refractivity contribution is -0.00845. The molecule has 0 aromatic rings. The first-order valence-electron chi connectivity index (χ1n) is 7.56. The summed E-state index contributed by atoms with van der Waals surface area (Å²) in [6.45, 7) is 10.5. The van der Waals surface area contributed by atoms with E-state index in [0.717, 1.165) is 25.8 Å². The summed E-state index contributed by atoms with van der Waals surface area (Å²) < 4.78 is 5.60. The molecule has 0 aliphatic heterocycles. The molecule has 19 heavy (non-hydrogen) atoms. The van der Waals surface area contributed by atoms with Crippen LogP contribution in [0, 0.1) is 11.8 Å². The molecule has 3 atom stereocenters. The molecule has 0 bridgehead atoms. The molecule has 0 aromatic heterocycles. The molecule has 4 nitrogen and oxygen atoms in total. The zero-order valence-corrected chi connectivity index (χ0v) is 13.1. The van der Waals surface area contributed by atoms with Gasteiger partial charge in [-0.15, -0.1) is 0 Å². The Labute approximate surface area is 118 Å². The maximum atomic E-state index is 9.76. The van der Waals surface area contributed by atoms with Crippen LogP contribution in [0.3, 0.4) is 0 Å².